The number of aryl methyl sites for hydroxylation is 1. The fourth-order valence-electron chi connectivity index (χ4n) is 4.34. The lowest BCUT2D eigenvalue weighted by Gasteiger charge is -2.36. The van der Waals surface area contributed by atoms with E-state index in [1.165, 1.54) is 24.6 Å². The Bertz CT molecular complexity index is 1210. The Labute approximate surface area is 204 Å². The number of para-hydroxylation sites is 1. The highest BCUT2D eigenvalue weighted by Crippen LogP contribution is 2.45. The molecule has 2 amide bonds. The first-order chi connectivity index (χ1) is 16.5. The van der Waals surface area contributed by atoms with Gasteiger partial charge < -0.3 is 15.5 Å². The van der Waals surface area contributed by atoms with Crippen molar-refractivity contribution < 1.29 is 9.59 Å². The molecule has 2 aromatic rings. The maximum absolute atomic E-state index is 13.6. The van der Waals surface area contributed by atoms with Crippen LogP contribution in [0.3, 0.4) is 0 Å². The predicted octanol–water partition coefficient (Wildman–Crippen LogP) is 5.12. The van der Waals surface area contributed by atoms with E-state index in [1.807, 2.05) is 67.8 Å². The number of hydrogen-bond donors (Lipinski definition) is 2. The van der Waals surface area contributed by atoms with Crippen molar-refractivity contribution >= 4 is 34.4 Å². The first-order valence-corrected chi connectivity index (χ1v) is 12.5. The molecular formula is C27H28N4O2S. The number of benzene rings is 2. The summed E-state index contributed by atoms with van der Waals surface area (Å²) in [4.78, 5) is 33.1. The molecule has 0 saturated heterocycles. The van der Waals surface area contributed by atoms with E-state index in [9.17, 15) is 9.59 Å². The minimum Gasteiger partial charge on any atom is -0.355 e. The van der Waals surface area contributed by atoms with Crippen molar-refractivity contribution in [2.24, 2.45) is 10.9 Å². The van der Waals surface area contributed by atoms with Crippen molar-refractivity contribution in [2.75, 3.05) is 11.9 Å². The van der Waals surface area contributed by atoms with Gasteiger partial charge >= 0.3 is 0 Å². The molecule has 1 fully saturated rings. The number of carbonyl (C=O) groups is 2. The molecule has 2 aromatic carbocycles. The van der Waals surface area contributed by atoms with Gasteiger partial charge in [0.25, 0.3) is 5.91 Å². The molecule has 0 spiro atoms. The number of nitrogens with one attached hydrogen (secondary N) is 2. The third-order valence-electron chi connectivity index (χ3n) is 6.26. The Morgan fingerprint density at radius 3 is 2.62 bits per heavy atom. The van der Waals surface area contributed by atoms with Crippen LogP contribution in [0.25, 0.3) is 0 Å². The molecule has 1 aliphatic carbocycles. The Hall–Kier alpha value is -3.32. The highest BCUT2D eigenvalue weighted by Gasteiger charge is 2.40. The van der Waals surface area contributed by atoms with Gasteiger partial charge in [0.2, 0.25) is 5.91 Å². The average molecular weight is 473 g/mol. The van der Waals surface area contributed by atoms with Gasteiger partial charge in [0.15, 0.2) is 5.17 Å². The summed E-state index contributed by atoms with van der Waals surface area (Å²) in [6, 6.07) is 17.3. The number of thioether (sulfide) groups is 1. The smallest absolute Gasteiger partial charge is 0.255 e. The predicted molar refractivity (Wildman–Crippen MR) is 137 cm³/mol. The molecule has 6 nitrogen and oxygen atoms in total. The van der Waals surface area contributed by atoms with Crippen molar-refractivity contribution in [1.82, 2.24) is 10.2 Å². The number of nitrogens with zero attached hydrogens (tertiary/aromatic N) is 2. The van der Waals surface area contributed by atoms with E-state index in [4.69, 9.17) is 4.99 Å². The van der Waals surface area contributed by atoms with Crippen LogP contribution in [0.1, 0.15) is 43.4 Å². The maximum atomic E-state index is 13.6. The van der Waals surface area contributed by atoms with Gasteiger partial charge in [-0.25, -0.2) is 4.99 Å². The van der Waals surface area contributed by atoms with Gasteiger partial charge in [0.05, 0.1) is 23.7 Å². The molecule has 0 aromatic heterocycles. The summed E-state index contributed by atoms with van der Waals surface area (Å²) in [6.45, 7) is 4.67. The Morgan fingerprint density at radius 2 is 1.88 bits per heavy atom. The van der Waals surface area contributed by atoms with Crippen LogP contribution in [0.4, 0.5) is 5.69 Å². The third-order valence-corrected chi connectivity index (χ3v) is 7.15. The minimum absolute atomic E-state index is 0.00422. The number of amides is 2. The Morgan fingerprint density at radius 1 is 1.09 bits per heavy atom. The van der Waals surface area contributed by atoms with Crippen LogP contribution in [0.5, 0.6) is 0 Å². The normalized spacial score (nSPS) is 19.4. The highest BCUT2D eigenvalue weighted by atomic mass is 32.2. The quantitative estimate of drug-likeness (QED) is 0.586. The second-order valence-corrected chi connectivity index (χ2v) is 9.89. The Balaban J connectivity index is 1.48. The zero-order valence-electron chi connectivity index (χ0n) is 19.4. The minimum atomic E-state index is -0.367. The maximum Gasteiger partial charge on any atom is 0.255 e. The van der Waals surface area contributed by atoms with Crippen LogP contribution in [0, 0.1) is 12.8 Å². The molecule has 174 valence electrons. The first kappa shape index (κ1) is 22.5. The van der Waals surface area contributed by atoms with E-state index in [-0.39, 0.29) is 24.3 Å². The van der Waals surface area contributed by atoms with E-state index in [0.29, 0.717) is 17.2 Å². The van der Waals surface area contributed by atoms with E-state index in [2.05, 4.69) is 21.6 Å². The number of carbonyl (C=O) groups excluding carboxylic acids is 2. The van der Waals surface area contributed by atoms with Crippen molar-refractivity contribution in [3.63, 3.8) is 0 Å². The van der Waals surface area contributed by atoms with Crippen LogP contribution in [0.2, 0.25) is 0 Å². The second kappa shape index (κ2) is 9.50. The summed E-state index contributed by atoms with van der Waals surface area (Å²) in [7, 11) is 0. The molecule has 34 heavy (non-hydrogen) atoms. The molecule has 5 rings (SSSR count). The van der Waals surface area contributed by atoms with E-state index in [1.54, 1.807) is 0 Å². The number of rotatable bonds is 7. The average Bonchev–Trinajstić information content (AvgIpc) is 3.58. The molecule has 7 heteroatoms. The molecule has 1 saturated carbocycles. The molecule has 1 atom stereocenters. The number of amidine groups is 1. The summed E-state index contributed by atoms with van der Waals surface area (Å²) >= 11 is 1.51. The number of anilines is 1. The molecule has 0 unspecified atom stereocenters. The molecule has 2 N–H and O–H groups in total. The van der Waals surface area contributed by atoms with Gasteiger partial charge in [-0.15, -0.1) is 0 Å². The van der Waals surface area contributed by atoms with Crippen LogP contribution in [-0.2, 0) is 9.59 Å². The highest BCUT2D eigenvalue weighted by molar-refractivity contribution is 8.16. The molecule has 0 radical (unpaired) electrons. The van der Waals surface area contributed by atoms with Crippen LogP contribution < -0.4 is 10.6 Å². The summed E-state index contributed by atoms with van der Waals surface area (Å²) in [6.07, 6.45) is 2.65. The van der Waals surface area contributed by atoms with Gasteiger partial charge in [-0.2, -0.15) is 0 Å². The zero-order valence-corrected chi connectivity index (χ0v) is 20.2. The van der Waals surface area contributed by atoms with E-state index < -0.39 is 0 Å². The van der Waals surface area contributed by atoms with Crippen molar-refractivity contribution in [1.29, 1.82) is 0 Å². The molecule has 3 aliphatic rings. The van der Waals surface area contributed by atoms with Crippen molar-refractivity contribution in [2.45, 2.75) is 39.2 Å². The lowest BCUT2D eigenvalue weighted by molar-refractivity contribution is -0.120. The summed E-state index contributed by atoms with van der Waals surface area (Å²) in [5.74, 6) is 0.443. The molecule has 2 heterocycles. The first-order valence-electron chi connectivity index (χ1n) is 11.6. The summed E-state index contributed by atoms with van der Waals surface area (Å²) in [5.41, 5.74) is 4.98. The standard InChI is InChI=1S/C27H28N4O2S/c1-17-7-6-8-20(13-17)25-24(26(33)30-21-9-4-3-5-10-21)18(2)29-27-31(25)22(16-34-27)14-23(32)28-15-19-11-12-19/h3-10,13,16,19,25H,11-12,14-15H2,1-2H3,(H,28,32)(H,30,33)/t25-/m1/s1. The number of allylic oxidation sites excluding steroid dienone is 1. The zero-order chi connectivity index (χ0) is 23.7. The van der Waals surface area contributed by atoms with Crippen molar-refractivity contribution in [3.8, 4) is 0 Å². The lowest BCUT2D eigenvalue weighted by Crippen LogP contribution is -2.39. The van der Waals surface area contributed by atoms with Gasteiger partial charge in [-0.05, 0) is 55.7 Å². The number of fused-ring (bicyclic) bond motifs is 1. The van der Waals surface area contributed by atoms with Gasteiger partial charge in [0.1, 0.15) is 0 Å². The number of aliphatic imine (C=N–C) groups is 1. The Kier molecular flexibility index (Phi) is 6.28. The third kappa shape index (κ3) is 4.80. The van der Waals surface area contributed by atoms with Gasteiger partial charge in [-0.3, -0.25) is 9.59 Å². The van der Waals surface area contributed by atoms with Gasteiger partial charge in [0, 0.05) is 17.9 Å². The topological polar surface area (TPSA) is 73.8 Å². The fourth-order valence-corrected chi connectivity index (χ4v) is 5.31. The second-order valence-electron chi connectivity index (χ2n) is 9.05. The molecular weight excluding hydrogens is 444 g/mol. The molecule has 2 aliphatic heterocycles. The lowest BCUT2D eigenvalue weighted by atomic mass is 9.92. The van der Waals surface area contributed by atoms with Crippen LogP contribution in [-0.4, -0.2) is 28.4 Å². The molecule has 0 bridgehead atoms. The largest absolute Gasteiger partial charge is 0.355 e. The summed E-state index contributed by atoms with van der Waals surface area (Å²) < 4.78 is 0. The summed E-state index contributed by atoms with van der Waals surface area (Å²) in [5, 5.41) is 8.88. The van der Waals surface area contributed by atoms with Crippen LogP contribution in [0.15, 0.2) is 82.0 Å². The van der Waals surface area contributed by atoms with Gasteiger partial charge in [-0.1, -0.05) is 59.8 Å². The fraction of sp³-hybridized carbons (Fsp3) is 0.296. The van der Waals surface area contributed by atoms with E-state index >= 15 is 0 Å². The SMILES string of the molecule is CC1=C(C(=O)Nc2ccccc2)[C@@H](c2cccc(C)c2)N2C(CC(=O)NCC3CC3)=CSC2=N1. The van der Waals surface area contributed by atoms with Crippen LogP contribution >= 0.6 is 11.8 Å². The monoisotopic (exact) mass is 472 g/mol. The van der Waals surface area contributed by atoms with E-state index in [0.717, 1.165) is 34.2 Å². The number of hydrogen-bond acceptors (Lipinski definition) is 5. The van der Waals surface area contributed by atoms with Crippen molar-refractivity contribution in [3.05, 3.63) is 88.1 Å².